The van der Waals surface area contributed by atoms with Crippen molar-refractivity contribution in [2.45, 2.75) is 13.3 Å². The summed E-state index contributed by atoms with van der Waals surface area (Å²) in [7, 11) is 1.61. The number of hydrogen-bond acceptors (Lipinski definition) is 7. The van der Waals surface area contributed by atoms with Crippen molar-refractivity contribution in [1.82, 2.24) is 4.57 Å². The minimum Gasteiger partial charge on any atom is -0.486 e. The molecule has 3 rings (SSSR count). The molecule has 0 unspecified atom stereocenters. The van der Waals surface area contributed by atoms with Crippen LogP contribution in [-0.2, 0) is 16.6 Å². The number of benzene rings is 1. The van der Waals surface area contributed by atoms with Crippen LogP contribution in [0.5, 0.6) is 11.5 Å². The molecule has 0 N–H and O–H groups in total. The topological polar surface area (TPSA) is 111 Å². The highest BCUT2D eigenvalue weighted by Crippen LogP contribution is 2.34. The van der Waals surface area contributed by atoms with E-state index in [2.05, 4.69) is 0 Å². The Hall–Kier alpha value is -3.80. The first kappa shape index (κ1) is 20.9. The molecule has 2 aromatic rings. The molecule has 0 fully saturated rings. The lowest BCUT2D eigenvalue weighted by Crippen LogP contribution is -2.35. The normalized spacial score (nSPS) is 12.0. The van der Waals surface area contributed by atoms with Crippen LogP contribution in [0.3, 0.4) is 0 Å². The number of hydrogen-bond donors (Lipinski definition) is 0. The number of aryl methyl sites for hydroxylation is 1. The molecule has 1 amide bonds. The molecule has 1 aliphatic heterocycles. The van der Waals surface area contributed by atoms with Gasteiger partial charge in [-0.2, -0.15) is 5.26 Å². The number of carbonyl (C=O) groups is 3. The summed E-state index contributed by atoms with van der Waals surface area (Å²) in [5, 5.41) is 8.93. The van der Waals surface area contributed by atoms with Gasteiger partial charge in [0.2, 0.25) is 0 Å². The Balaban J connectivity index is 1.72. The fraction of sp³-hybridized carbons (Fsp3) is 0.333. The van der Waals surface area contributed by atoms with Gasteiger partial charge in [0.25, 0.3) is 5.91 Å². The molecule has 30 heavy (non-hydrogen) atoms. The number of Topliss-reactive ketones (excluding diaryl/α,β-unsaturated/α-hetero) is 1. The maximum absolute atomic E-state index is 12.8. The van der Waals surface area contributed by atoms with Crippen LogP contribution in [-0.4, -0.2) is 48.6 Å². The van der Waals surface area contributed by atoms with Crippen LogP contribution in [0.2, 0.25) is 0 Å². The van der Waals surface area contributed by atoms with E-state index in [1.165, 1.54) is 28.7 Å². The van der Waals surface area contributed by atoms with Gasteiger partial charge in [0.1, 0.15) is 18.9 Å². The van der Waals surface area contributed by atoms with Crippen LogP contribution < -0.4 is 14.4 Å². The molecule has 1 aliphatic rings. The predicted molar refractivity (Wildman–Crippen MR) is 106 cm³/mol. The molecule has 0 bridgehead atoms. The third kappa shape index (κ3) is 4.60. The second-order valence-corrected chi connectivity index (χ2v) is 6.64. The minimum absolute atomic E-state index is 0.105. The maximum atomic E-state index is 12.8. The summed E-state index contributed by atoms with van der Waals surface area (Å²) in [6, 6.07) is 8.45. The summed E-state index contributed by atoms with van der Waals surface area (Å²) in [6.07, 6.45) is 1.63. The maximum Gasteiger partial charge on any atom is 0.355 e. The number of ether oxygens (including phenoxy) is 3. The first-order valence-corrected chi connectivity index (χ1v) is 9.32. The van der Waals surface area contributed by atoms with Gasteiger partial charge >= 0.3 is 5.97 Å². The van der Waals surface area contributed by atoms with Gasteiger partial charge in [-0.15, -0.1) is 0 Å². The van der Waals surface area contributed by atoms with Crippen molar-refractivity contribution in [3.63, 3.8) is 0 Å². The van der Waals surface area contributed by atoms with Gasteiger partial charge in [0.15, 0.2) is 23.9 Å². The number of amides is 1. The summed E-state index contributed by atoms with van der Waals surface area (Å²) in [5.74, 6) is -0.306. The molecule has 1 aromatic heterocycles. The fourth-order valence-electron chi connectivity index (χ4n) is 3.00. The smallest absolute Gasteiger partial charge is 0.355 e. The number of fused-ring (bicyclic) bond motifs is 1. The number of esters is 1. The lowest BCUT2D eigenvalue weighted by atomic mass is 10.2. The summed E-state index contributed by atoms with van der Waals surface area (Å²) in [4.78, 5) is 38.0. The molecule has 0 saturated carbocycles. The highest BCUT2D eigenvalue weighted by Gasteiger charge is 2.22. The number of carbonyl (C=O) groups excluding carboxylic acids is 3. The van der Waals surface area contributed by atoms with E-state index in [-0.39, 0.29) is 24.4 Å². The molecule has 9 heteroatoms. The zero-order chi connectivity index (χ0) is 21.7. The van der Waals surface area contributed by atoms with Crippen molar-refractivity contribution >= 4 is 23.3 Å². The van der Waals surface area contributed by atoms with Crippen molar-refractivity contribution in [1.29, 1.82) is 5.26 Å². The monoisotopic (exact) mass is 411 g/mol. The standard InChI is InChI=1S/C21H21N3O6/c1-14(25)15-10-17(23(2)12-15)21(27)30-13-20(26)24(7-3-6-22)16-4-5-18-19(11-16)29-9-8-28-18/h4-5,10-12H,3,7-9,13H2,1-2H3. The fourth-order valence-corrected chi connectivity index (χ4v) is 3.00. The molecule has 2 heterocycles. The Morgan fingerprint density at radius 1 is 1.20 bits per heavy atom. The summed E-state index contributed by atoms with van der Waals surface area (Å²) < 4.78 is 17.7. The molecule has 9 nitrogen and oxygen atoms in total. The third-order valence-electron chi connectivity index (χ3n) is 4.53. The van der Waals surface area contributed by atoms with Gasteiger partial charge in [-0.05, 0) is 25.1 Å². The van der Waals surface area contributed by atoms with E-state index in [9.17, 15) is 14.4 Å². The van der Waals surface area contributed by atoms with Crippen molar-refractivity contribution in [2.75, 3.05) is 31.3 Å². The van der Waals surface area contributed by atoms with E-state index in [1.807, 2.05) is 6.07 Å². The highest BCUT2D eigenvalue weighted by molar-refractivity contribution is 5.99. The number of anilines is 1. The SMILES string of the molecule is CC(=O)c1cc(C(=O)OCC(=O)N(CCC#N)c2ccc3c(c2)OCCO3)n(C)c1. The van der Waals surface area contributed by atoms with Crippen LogP contribution in [0.25, 0.3) is 0 Å². The Morgan fingerprint density at radius 3 is 2.60 bits per heavy atom. The molecule has 0 radical (unpaired) electrons. The van der Waals surface area contributed by atoms with Crippen molar-refractivity contribution < 1.29 is 28.6 Å². The zero-order valence-electron chi connectivity index (χ0n) is 16.7. The lowest BCUT2D eigenvalue weighted by Gasteiger charge is -2.24. The molecule has 0 atom stereocenters. The first-order valence-electron chi connectivity index (χ1n) is 9.32. The quantitative estimate of drug-likeness (QED) is 0.507. The van der Waals surface area contributed by atoms with Crippen LogP contribution in [0.4, 0.5) is 5.69 Å². The lowest BCUT2D eigenvalue weighted by molar-refractivity contribution is -0.121. The van der Waals surface area contributed by atoms with Gasteiger partial charge in [-0.1, -0.05) is 0 Å². The minimum atomic E-state index is -0.722. The Labute approximate surface area is 173 Å². The largest absolute Gasteiger partial charge is 0.486 e. The molecular weight excluding hydrogens is 390 g/mol. The van der Waals surface area contributed by atoms with Crippen molar-refractivity contribution in [2.24, 2.45) is 7.05 Å². The van der Waals surface area contributed by atoms with Gasteiger partial charge in [-0.3, -0.25) is 9.59 Å². The van der Waals surface area contributed by atoms with Crippen LogP contribution in [0.15, 0.2) is 30.5 Å². The van der Waals surface area contributed by atoms with E-state index in [0.717, 1.165) is 0 Å². The van der Waals surface area contributed by atoms with E-state index in [4.69, 9.17) is 19.5 Å². The van der Waals surface area contributed by atoms with Gasteiger partial charge in [-0.25, -0.2) is 4.79 Å². The molecule has 1 aromatic carbocycles. The Morgan fingerprint density at radius 2 is 1.93 bits per heavy atom. The zero-order valence-corrected chi connectivity index (χ0v) is 16.7. The molecule has 156 valence electrons. The highest BCUT2D eigenvalue weighted by atomic mass is 16.6. The summed E-state index contributed by atoms with van der Waals surface area (Å²) in [6.45, 7) is 1.86. The average Bonchev–Trinajstić information content (AvgIpc) is 3.14. The second kappa shape index (κ2) is 9.13. The van der Waals surface area contributed by atoms with Crippen molar-refractivity contribution in [3.05, 3.63) is 41.7 Å². The summed E-state index contributed by atoms with van der Waals surface area (Å²) >= 11 is 0. The number of ketones is 1. The van der Waals surface area contributed by atoms with E-state index >= 15 is 0 Å². The number of aromatic nitrogens is 1. The summed E-state index contributed by atoms with van der Waals surface area (Å²) in [5.41, 5.74) is 1.05. The Kier molecular flexibility index (Phi) is 6.37. The molecular formula is C21H21N3O6. The van der Waals surface area contributed by atoms with E-state index in [0.29, 0.717) is 36.0 Å². The first-order chi connectivity index (χ1) is 14.4. The van der Waals surface area contributed by atoms with Gasteiger partial charge in [0.05, 0.1) is 12.5 Å². The van der Waals surface area contributed by atoms with Gasteiger partial charge in [0, 0.05) is 37.1 Å². The third-order valence-corrected chi connectivity index (χ3v) is 4.53. The van der Waals surface area contributed by atoms with Crippen LogP contribution in [0, 0.1) is 11.3 Å². The predicted octanol–water partition coefficient (Wildman–Crippen LogP) is 2.10. The second-order valence-electron chi connectivity index (χ2n) is 6.64. The number of rotatable bonds is 7. The molecule has 0 spiro atoms. The average molecular weight is 411 g/mol. The van der Waals surface area contributed by atoms with Crippen LogP contribution >= 0.6 is 0 Å². The molecule has 0 aliphatic carbocycles. The van der Waals surface area contributed by atoms with Crippen molar-refractivity contribution in [3.8, 4) is 17.6 Å². The van der Waals surface area contributed by atoms with E-state index in [1.54, 1.807) is 25.2 Å². The number of nitrogens with zero attached hydrogens (tertiary/aromatic N) is 3. The number of nitriles is 1. The molecule has 0 saturated heterocycles. The Bertz CT molecular complexity index is 1020. The van der Waals surface area contributed by atoms with Crippen LogP contribution in [0.1, 0.15) is 34.2 Å². The van der Waals surface area contributed by atoms with Gasteiger partial charge < -0.3 is 23.7 Å². The van der Waals surface area contributed by atoms with E-state index < -0.39 is 18.5 Å².